The van der Waals surface area contributed by atoms with Gasteiger partial charge in [-0.05, 0) is 105 Å². The van der Waals surface area contributed by atoms with Crippen molar-refractivity contribution in [1.82, 2.24) is 15.5 Å². The Hall–Kier alpha value is -3.13. The summed E-state index contributed by atoms with van der Waals surface area (Å²) in [6, 6.07) is 13.6. The molecule has 0 unspecified atom stereocenters. The highest BCUT2D eigenvalue weighted by Gasteiger charge is 2.25. The second-order valence-electron chi connectivity index (χ2n) is 12.1. The van der Waals surface area contributed by atoms with Gasteiger partial charge in [0.25, 0.3) is 5.91 Å². The maximum absolute atomic E-state index is 13.9. The molecule has 0 spiro atoms. The van der Waals surface area contributed by atoms with E-state index in [0.717, 1.165) is 112 Å². The SMILES string of the molecule is CCN/C(C)=C\C(C)=C(/CC)CNC(=O)c1cc(-c2ccc(CN3CCOCC3)cc2)cc(N(CC)C2CCOCC2)c1C. The highest BCUT2D eigenvalue weighted by Crippen LogP contribution is 2.34. The van der Waals surface area contributed by atoms with Crippen LogP contribution >= 0.6 is 0 Å². The van der Waals surface area contributed by atoms with Crippen molar-refractivity contribution in [2.75, 3.05) is 64.1 Å². The van der Waals surface area contributed by atoms with Crippen LogP contribution in [0.15, 0.2) is 59.3 Å². The molecule has 2 heterocycles. The van der Waals surface area contributed by atoms with Crippen molar-refractivity contribution >= 4 is 11.6 Å². The Balaban J connectivity index is 1.64. The van der Waals surface area contributed by atoms with E-state index in [0.29, 0.717) is 12.6 Å². The van der Waals surface area contributed by atoms with E-state index in [1.165, 1.54) is 16.7 Å². The van der Waals surface area contributed by atoms with Crippen LogP contribution in [0.3, 0.4) is 0 Å². The summed E-state index contributed by atoms with van der Waals surface area (Å²) >= 11 is 0. The number of carbonyl (C=O) groups is 1. The fraction of sp³-hybridized carbons (Fsp3) is 0.541. The molecule has 7 heteroatoms. The standard InChI is InChI=1S/C37H54N4O3/c1-7-31(27(4)22-28(5)38-8-2)25-39-37(42)35-23-33(24-36(29(35)6)41(9-3)34-14-18-43-19-15-34)32-12-10-30(11-13-32)26-40-16-20-44-21-17-40/h10-13,22-24,34,38H,7-9,14-21,25-26H2,1-6H3,(H,39,42)/b28-22-,31-27+. The Morgan fingerprint density at radius 2 is 1.64 bits per heavy atom. The second kappa shape index (κ2) is 16.8. The zero-order valence-corrected chi connectivity index (χ0v) is 27.9. The van der Waals surface area contributed by atoms with Gasteiger partial charge in [-0.25, -0.2) is 0 Å². The van der Waals surface area contributed by atoms with E-state index in [4.69, 9.17) is 9.47 Å². The van der Waals surface area contributed by atoms with Crippen molar-refractivity contribution in [3.05, 3.63) is 76.0 Å². The first kappa shape index (κ1) is 33.8. The number of amides is 1. The minimum Gasteiger partial charge on any atom is -0.389 e. The number of rotatable bonds is 13. The van der Waals surface area contributed by atoms with Gasteiger partial charge in [0.05, 0.1) is 13.2 Å². The molecule has 44 heavy (non-hydrogen) atoms. The van der Waals surface area contributed by atoms with E-state index in [1.807, 2.05) is 0 Å². The molecule has 0 atom stereocenters. The summed E-state index contributed by atoms with van der Waals surface area (Å²) in [6.45, 7) is 21.1. The van der Waals surface area contributed by atoms with Gasteiger partial charge in [0.15, 0.2) is 0 Å². The van der Waals surface area contributed by atoms with Crippen LogP contribution in [0.2, 0.25) is 0 Å². The largest absolute Gasteiger partial charge is 0.389 e. The quantitative estimate of drug-likeness (QED) is 0.256. The predicted molar refractivity (Wildman–Crippen MR) is 182 cm³/mol. The van der Waals surface area contributed by atoms with E-state index in [9.17, 15) is 4.79 Å². The Kier molecular flexibility index (Phi) is 12.9. The number of nitrogens with one attached hydrogen (secondary N) is 2. The molecule has 0 aromatic heterocycles. The maximum Gasteiger partial charge on any atom is 0.251 e. The molecule has 1 amide bonds. The van der Waals surface area contributed by atoms with Gasteiger partial charge >= 0.3 is 0 Å². The van der Waals surface area contributed by atoms with Crippen LogP contribution in [0.1, 0.15) is 75.4 Å². The summed E-state index contributed by atoms with van der Waals surface area (Å²) in [6.07, 6.45) is 5.06. The third-order valence-corrected chi connectivity index (χ3v) is 9.04. The Bertz CT molecular complexity index is 1290. The molecule has 4 rings (SSSR count). The summed E-state index contributed by atoms with van der Waals surface area (Å²) in [5.74, 6) is -0.0243. The molecule has 2 aliphatic heterocycles. The molecule has 0 aliphatic carbocycles. The van der Waals surface area contributed by atoms with Gasteiger partial charge in [-0.2, -0.15) is 0 Å². The smallest absolute Gasteiger partial charge is 0.251 e. The van der Waals surface area contributed by atoms with Crippen LogP contribution < -0.4 is 15.5 Å². The molecule has 0 bridgehead atoms. The topological polar surface area (TPSA) is 66.1 Å². The lowest BCUT2D eigenvalue weighted by atomic mass is 9.94. The van der Waals surface area contributed by atoms with Crippen LogP contribution in [0.5, 0.6) is 0 Å². The number of nitrogens with zero attached hydrogens (tertiary/aromatic N) is 2. The summed E-state index contributed by atoms with van der Waals surface area (Å²) in [4.78, 5) is 18.8. The lowest BCUT2D eigenvalue weighted by Gasteiger charge is -2.37. The number of hydrogen-bond acceptors (Lipinski definition) is 6. The fourth-order valence-electron chi connectivity index (χ4n) is 6.42. The molecular weight excluding hydrogens is 548 g/mol. The second-order valence-corrected chi connectivity index (χ2v) is 12.1. The number of allylic oxidation sites excluding steroid dienone is 3. The lowest BCUT2D eigenvalue weighted by molar-refractivity contribution is 0.0342. The van der Waals surface area contributed by atoms with Gasteiger partial charge in [-0.1, -0.05) is 31.2 Å². The van der Waals surface area contributed by atoms with Gasteiger partial charge in [-0.15, -0.1) is 0 Å². The molecule has 2 saturated heterocycles. The average molecular weight is 603 g/mol. The molecular formula is C37H54N4O3. The molecule has 2 fully saturated rings. The molecule has 2 aromatic rings. The molecule has 7 nitrogen and oxygen atoms in total. The van der Waals surface area contributed by atoms with Crippen molar-refractivity contribution in [3.63, 3.8) is 0 Å². The molecule has 2 aliphatic rings. The number of benzene rings is 2. The van der Waals surface area contributed by atoms with Crippen molar-refractivity contribution in [3.8, 4) is 11.1 Å². The predicted octanol–water partition coefficient (Wildman–Crippen LogP) is 6.47. The normalized spacial score (nSPS) is 17.3. The monoisotopic (exact) mass is 602 g/mol. The number of carbonyl (C=O) groups excluding carboxylic acids is 1. The summed E-state index contributed by atoms with van der Waals surface area (Å²) < 4.78 is 11.2. The van der Waals surface area contributed by atoms with Crippen LogP contribution in [-0.4, -0.2) is 76.0 Å². The van der Waals surface area contributed by atoms with Crippen molar-refractivity contribution in [2.45, 2.75) is 73.4 Å². The third kappa shape index (κ3) is 8.96. The minimum absolute atomic E-state index is 0.0243. The van der Waals surface area contributed by atoms with E-state index < -0.39 is 0 Å². The van der Waals surface area contributed by atoms with E-state index in [-0.39, 0.29) is 5.91 Å². The molecule has 0 radical (unpaired) electrons. The van der Waals surface area contributed by atoms with E-state index in [2.05, 4.69) is 104 Å². The van der Waals surface area contributed by atoms with Gasteiger partial charge in [-0.3, -0.25) is 9.69 Å². The highest BCUT2D eigenvalue weighted by atomic mass is 16.5. The van der Waals surface area contributed by atoms with E-state index in [1.54, 1.807) is 0 Å². The Labute approximate surface area is 265 Å². The lowest BCUT2D eigenvalue weighted by Crippen LogP contribution is -2.40. The summed E-state index contributed by atoms with van der Waals surface area (Å²) in [7, 11) is 0. The fourth-order valence-corrected chi connectivity index (χ4v) is 6.42. The van der Waals surface area contributed by atoms with Crippen LogP contribution in [0.4, 0.5) is 5.69 Å². The van der Waals surface area contributed by atoms with Crippen LogP contribution in [0.25, 0.3) is 11.1 Å². The highest BCUT2D eigenvalue weighted by molar-refractivity contribution is 5.99. The summed E-state index contributed by atoms with van der Waals surface area (Å²) in [5.41, 5.74) is 9.99. The average Bonchev–Trinajstić information content (AvgIpc) is 3.04. The number of anilines is 1. The number of morpholine rings is 1. The Morgan fingerprint density at radius 1 is 0.955 bits per heavy atom. The van der Waals surface area contributed by atoms with Crippen molar-refractivity contribution in [2.24, 2.45) is 0 Å². The first-order chi connectivity index (χ1) is 21.3. The summed E-state index contributed by atoms with van der Waals surface area (Å²) in [5, 5.41) is 6.64. The van der Waals surface area contributed by atoms with Crippen LogP contribution in [0, 0.1) is 6.92 Å². The van der Waals surface area contributed by atoms with Crippen molar-refractivity contribution < 1.29 is 14.3 Å². The first-order valence-corrected chi connectivity index (χ1v) is 16.6. The van der Waals surface area contributed by atoms with Crippen LogP contribution in [-0.2, 0) is 16.0 Å². The first-order valence-electron chi connectivity index (χ1n) is 16.6. The molecule has 0 saturated carbocycles. The Morgan fingerprint density at radius 3 is 2.27 bits per heavy atom. The zero-order chi connectivity index (χ0) is 31.5. The van der Waals surface area contributed by atoms with Gasteiger partial charge < -0.3 is 25.0 Å². The number of ether oxygens (including phenoxy) is 2. The molecule has 2 N–H and O–H groups in total. The van der Waals surface area contributed by atoms with Crippen molar-refractivity contribution in [1.29, 1.82) is 0 Å². The van der Waals surface area contributed by atoms with Gasteiger partial charge in [0, 0.05) is 75.5 Å². The molecule has 240 valence electrons. The minimum atomic E-state index is -0.0243. The molecule has 2 aromatic carbocycles. The zero-order valence-electron chi connectivity index (χ0n) is 27.9. The van der Waals surface area contributed by atoms with Gasteiger partial charge in [0.2, 0.25) is 0 Å². The van der Waals surface area contributed by atoms with E-state index >= 15 is 0 Å². The third-order valence-electron chi connectivity index (χ3n) is 9.04. The number of hydrogen-bond donors (Lipinski definition) is 2. The van der Waals surface area contributed by atoms with Gasteiger partial charge in [0.1, 0.15) is 0 Å². The maximum atomic E-state index is 13.9.